The molecule has 2 N–H and O–H groups in total. The lowest BCUT2D eigenvalue weighted by molar-refractivity contribution is -0.906. The summed E-state index contributed by atoms with van der Waals surface area (Å²) < 4.78 is 27.4. The molecule has 1 saturated heterocycles. The first kappa shape index (κ1) is 17.4. The fourth-order valence-corrected chi connectivity index (χ4v) is 4.44. The highest BCUT2D eigenvalue weighted by Gasteiger charge is 2.19. The van der Waals surface area contributed by atoms with E-state index in [1.165, 1.54) is 25.9 Å². The van der Waals surface area contributed by atoms with Crippen LogP contribution in [0.15, 0.2) is 23.1 Å². The van der Waals surface area contributed by atoms with E-state index in [-0.39, 0.29) is 0 Å². The summed E-state index contributed by atoms with van der Waals surface area (Å²) in [5.74, 6) is 0.853. The van der Waals surface area contributed by atoms with Gasteiger partial charge in [-0.05, 0) is 44.2 Å². The summed E-state index contributed by atoms with van der Waals surface area (Å²) in [6.45, 7) is 10.2. The molecule has 2 rings (SSSR count). The molecule has 1 aliphatic heterocycles. The van der Waals surface area contributed by atoms with Crippen molar-refractivity contribution in [1.82, 2.24) is 4.72 Å². The SMILES string of the molecule is Cc1ccc(S(=O)(=O)NCCC[NH+]2CCC(C)CC2)c(C)c1. The molecule has 0 amide bonds. The zero-order valence-corrected chi connectivity index (χ0v) is 14.8. The molecule has 0 atom stereocenters. The Balaban J connectivity index is 1.80. The largest absolute Gasteiger partial charge is 0.335 e. The monoisotopic (exact) mass is 325 g/mol. The van der Waals surface area contributed by atoms with E-state index < -0.39 is 10.0 Å². The van der Waals surface area contributed by atoms with Crippen molar-refractivity contribution in [2.45, 2.75) is 44.9 Å². The zero-order chi connectivity index (χ0) is 16.2. The highest BCUT2D eigenvalue weighted by atomic mass is 32.2. The fraction of sp³-hybridized carbons (Fsp3) is 0.647. The van der Waals surface area contributed by atoms with Crippen LogP contribution in [0.1, 0.15) is 37.3 Å². The first-order valence-electron chi connectivity index (χ1n) is 8.29. The fourth-order valence-electron chi connectivity index (χ4n) is 3.14. The lowest BCUT2D eigenvalue weighted by Gasteiger charge is -2.27. The Hall–Kier alpha value is -0.910. The van der Waals surface area contributed by atoms with Crippen LogP contribution in [-0.2, 0) is 10.0 Å². The number of aryl methyl sites for hydroxylation is 2. The van der Waals surface area contributed by atoms with Crippen LogP contribution in [0, 0.1) is 19.8 Å². The van der Waals surface area contributed by atoms with Crippen molar-refractivity contribution in [3.63, 3.8) is 0 Å². The van der Waals surface area contributed by atoms with Crippen molar-refractivity contribution in [2.75, 3.05) is 26.2 Å². The minimum Gasteiger partial charge on any atom is -0.335 e. The highest BCUT2D eigenvalue weighted by Crippen LogP contribution is 2.16. The Bertz CT molecular complexity index is 591. The van der Waals surface area contributed by atoms with Crippen molar-refractivity contribution in [1.29, 1.82) is 0 Å². The molecule has 0 saturated carbocycles. The molecule has 1 aliphatic rings. The van der Waals surface area contributed by atoms with E-state index in [0.29, 0.717) is 11.4 Å². The predicted octanol–water partition coefficient (Wildman–Crippen LogP) is 1.29. The Morgan fingerprint density at radius 1 is 1.23 bits per heavy atom. The third-order valence-corrected chi connectivity index (χ3v) is 6.22. The number of piperidine rings is 1. The predicted molar refractivity (Wildman–Crippen MR) is 89.7 cm³/mol. The summed E-state index contributed by atoms with van der Waals surface area (Å²) >= 11 is 0. The molecular formula is C17H29N2O2S+. The summed E-state index contributed by atoms with van der Waals surface area (Å²) in [6, 6.07) is 5.46. The van der Waals surface area contributed by atoms with Gasteiger partial charge in [-0.3, -0.25) is 0 Å². The molecule has 124 valence electrons. The maximum absolute atomic E-state index is 12.3. The first-order valence-corrected chi connectivity index (χ1v) is 9.77. The van der Waals surface area contributed by atoms with E-state index in [4.69, 9.17) is 0 Å². The smallest absolute Gasteiger partial charge is 0.240 e. The van der Waals surface area contributed by atoms with Gasteiger partial charge in [-0.15, -0.1) is 0 Å². The molecule has 1 aromatic rings. The third kappa shape index (κ3) is 4.80. The number of benzene rings is 1. The molecule has 4 nitrogen and oxygen atoms in total. The van der Waals surface area contributed by atoms with E-state index in [1.807, 2.05) is 26.0 Å². The average molecular weight is 325 g/mol. The van der Waals surface area contributed by atoms with E-state index in [0.717, 1.165) is 30.0 Å². The standard InChI is InChI=1S/C17H28N2O2S/c1-14-7-11-19(12-8-14)10-4-9-18-22(20,21)17-6-5-15(2)13-16(17)3/h5-6,13-14,18H,4,7-12H2,1-3H3/p+1. The van der Waals surface area contributed by atoms with E-state index in [2.05, 4.69) is 11.6 Å². The molecule has 0 aliphatic carbocycles. The molecule has 0 unspecified atom stereocenters. The summed E-state index contributed by atoms with van der Waals surface area (Å²) in [4.78, 5) is 2.01. The van der Waals surface area contributed by atoms with Gasteiger partial charge < -0.3 is 4.90 Å². The van der Waals surface area contributed by atoms with Gasteiger partial charge in [0.25, 0.3) is 0 Å². The topological polar surface area (TPSA) is 50.6 Å². The van der Waals surface area contributed by atoms with Gasteiger partial charge in [-0.1, -0.05) is 24.6 Å². The van der Waals surface area contributed by atoms with E-state index in [1.54, 1.807) is 11.0 Å². The Labute approximate surface area is 135 Å². The Morgan fingerprint density at radius 2 is 1.91 bits per heavy atom. The number of quaternary nitrogens is 1. The van der Waals surface area contributed by atoms with Crippen molar-refractivity contribution < 1.29 is 13.3 Å². The van der Waals surface area contributed by atoms with E-state index >= 15 is 0 Å². The minimum absolute atomic E-state index is 0.400. The second-order valence-corrected chi connectivity index (χ2v) is 8.44. The van der Waals surface area contributed by atoms with Gasteiger partial charge in [0.15, 0.2) is 0 Å². The second kappa shape index (κ2) is 7.57. The number of nitrogens with one attached hydrogen (secondary N) is 2. The lowest BCUT2D eigenvalue weighted by Crippen LogP contribution is -3.13. The molecule has 22 heavy (non-hydrogen) atoms. The normalized spacial score (nSPS) is 22.7. The number of likely N-dealkylation sites (tertiary alicyclic amines) is 1. The van der Waals surface area contributed by atoms with Crippen LogP contribution in [0.25, 0.3) is 0 Å². The quantitative estimate of drug-likeness (QED) is 0.774. The molecule has 0 spiro atoms. The van der Waals surface area contributed by atoms with Gasteiger partial charge in [0.2, 0.25) is 10.0 Å². The van der Waals surface area contributed by atoms with Crippen LogP contribution in [0.4, 0.5) is 0 Å². The van der Waals surface area contributed by atoms with Crippen molar-refractivity contribution in [2.24, 2.45) is 5.92 Å². The van der Waals surface area contributed by atoms with Gasteiger partial charge in [0.1, 0.15) is 0 Å². The van der Waals surface area contributed by atoms with Gasteiger partial charge in [0.05, 0.1) is 24.5 Å². The number of rotatable bonds is 6. The maximum atomic E-state index is 12.3. The van der Waals surface area contributed by atoms with Gasteiger partial charge in [0, 0.05) is 13.0 Å². The Kier molecular flexibility index (Phi) is 6.01. The molecule has 0 bridgehead atoms. The number of sulfonamides is 1. The molecule has 0 radical (unpaired) electrons. The van der Waals surface area contributed by atoms with Crippen LogP contribution in [0.3, 0.4) is 0 Å². The van der Waals surface area contributed by atoms with Crippen LogP contribution >= 0.6 is 0 Å². The lowest BCUT2D eigenvalue weighted by atomic mass is 9.99. The number of hydrogen-bond acceptors (Lipinski definition) is 2. The third-order valence-electron chi connectivity index (χ3n) is 4.60. The van der Waals surface area contributed by atoms with Crippen LogP contribution in [-0.4, -0.2) is 34.6 Å². The second-order valence-electron chi connectivity index (χ2n) is 6.70. The first-order chi connectivity index (χ1) is 10.4. The van der Waals surface area contributed by atoms with Crippen LogP contribution in [0.5, 0.6) is 0 Å². The maximum Gasteiger partial charge on any atom is 0.240 e. The summed E-state index contributed by atoms with van der Waals surface area (Å²) in [7, 11) is -3.38. The molecule has 1 heterocycles. The highest BCUT2D eigenvalue weighted by molar-refractivity contribution is 7.89. The molecule has 1 aromatic carbocycles. The summed E-state index contributed by atoms with van der Waals surface area (Å²) in [5.41, 5.74) is 1.89. The molecule has 1 fully saturated rings. The van der Waals surface area contributed by atoms with Crippen molar-refractivity contribution >= 4 is 10.0 Å². The van der Waals surface area contributed by atoms with Crippen LogP contribution < -0.4 is 9.62 Å². The minimum atomic E-state index is -3.38. The van der Waals surface area contributed by atoms with Crippen molar-refractivity contribution in [3.8, 4) is 0 Å². The summed E-state index contributed by atoms with van der Waals surface area (Å²) in [6.07, 6.45) is 3.49. The zero-order valence-electron chi connectivity index (χ0n) is 14.0. The number of hydrogen-bond donors (Lipinski definition) is 2. The molecule has 0 aromatic heterocycles. The van der Waals surface area contributed by atoms with E-state index in [9.17, 15) is 8.42 Å². The van der Waals surface area contributed by atoms with Crippen LogP contribution in [0.2, 0.25) is 0 Å². The molecular weight excluding hydrogens is 296 g/mol. The summed E-state index contributed by atoms with van der Waals surface area (Å²) in [5, 5.41) is 0. The van der Waals surface area contributed by atoms with Gasteiger partial charge >= 0.3 is 0 Å². The van der Waals surface area contributed by atoms with Gasteiger partial charge in [-0.2, -0.15) is 0 Å². The van der Waals surface area contributed by atoms with Crippen molar-refractivity contribution in [3.05, 3.63) is 29.3 Å². The van der Waals surface area contributed by atoms with Gasteiger partial charge in [-0.25, -0.2) is 13.1 Å². The average Bonchev–Trinajstić information content (AvgIpc) is 2.45. The molecule has 5 heteroatoms. The Morgan fingerprint density at radius 3 is 2.55 bits per heavy atom.